The largest absolute Gasteiger partial charge is 0.444 e. The summed E-state index contributed by atoms with van der Waals surface area (Å²) in [7, 11) is 0. The topological polar surface area (TPSA) is 115 Å². The fourth-order valence-electron chi connectivity index (χ4n) is 6.02. The van der Waals surface area contributed by atoms with Crippen LogP contribution in [0.2, 0.25) is 0 Å². The van der Waals surface area contributed by atoms with Gasteiger partial charge in [0, 0.05) is 24.8 Å². The number of aromatic nitrogens is 4. The summed E-state index contributed by atoms with van der Waals surface area (Å²) in [6, 6.07) is 6.08. The van der Waals surface area contributed by atoms with Gasteiger partial charge in [0.05, 0.1) is 23.8 Å². The number of likely N-dealkylation sites (tertiary alicyclic amines) is 1. The first-order valence-electron chi connectivity index (χ1n) is 13.6. The van der Waals surface area contributed by atoms with Gasteiger partial charge in [0.15, 0.2) is 0 Å². The normalized spacial score (nSPS) is 20.8. The molecule has 5 rings (SSSR count). The molecule has 1 amide bonds. The lowest BCUT2D eigenvalue weighted by molar-refractivity contribution is -0.137. The van der Waals surface area contributed by atoms with Gasteiger partial charge in [0.2, 0.25) is 0 Å². The number of anilines is 1. The summed E-state index contributed by atoms with van der Waals surface area (Å²) in [6.45, 7) is 10.3. The third kappa shape index (κ3) is 5.62. The highest BCUT2D eigenvalue weighted by Crippen LogP contribution is 2.55. The molecule has 1 aliphatic heterocycles. The van der Waals surface area contributed by atoms with E-state index in [4.69, 9.17) is 15.6 Å². The first-order valence-corrected chi connectivity index (χ1v) is 13.6. The minimum absolute atomic E-state index is 0.0159. The Kier molecular flexibility index (Phi) is 6.83. The van der Waals surface area contributed by atoms with E-state index < -0.39 is 17.3 Å². The van der Waals surface area contributed by atoms with Crippen molar-refractivity contribution in [3.63, 3.8) is 0 Å². The van der Waals surface area contributed by atoms with Crippen molar-refractivity contribution in [3.05, 3.63) is 52.3 Å². The number of nitriles is 1. The first-order chi connectivity index (χ1) is 19.1. The standard InChI is InChI=1S/C29H34F3N7O2/c1-17-8-19(10-20(9-17)29(30,31)32)14-38-15-23(18(2)35-38)24-22(13-33)25(34)39(36-24)21-11-28(12-21)6-7-37(16-28)26(40)41-27(3,4)5/h8-10,15,21H,6-7,11-12,14,16,34H2,1-5H3. The minimum atomic E-state index is -4.44. The first kappa shape index (κ1) is 28.5. The lowest BCUT2D eigenvalue weighted by Crippen LogP contribution is -2.43. The number of alkyl halides is 3. The molecule has 0 unspecified atom stereocenters. The van der Waals surface area contributed by atoms with E-state index in [0.29, 0.717) is 41.2 Å². The molecule has 12 heteroatoms. The van der Waals surface area contributed by atoms with E-state index in [2.05, 4.69) is 11.2 Å². The third-order valence-electron chi connectivity index (χ3n) is 7.84. The van der Waals surface area contributed by atoms with Gasteiger partial charge in [-0.2, -0.15) is 28.6 Å². The van der Waals surface area contributed by atoms with Gasteiger partial charge in [-0.3, -0.25) is 4.68 Å². The lowest BCUT2D eigenvalue weighted by atomic mass is 9.65. The van der Waals surface area contributed by atoms with E-state index in [1.807, 2.05) is 20.8 Å². The lowest BCUT2D eigenvalue weighted by Gasteiger charge is -2.45. The average Bonchev–Trinajstić information content (AvgIpc) is 3.51. The van der Waals surface area contributed by atoms with Crippen LogP contribution < -0.4 is 5.73 Å². The fraction of sp³-hybridized carbons (Fsp3) is 0.517. The Labute approximate surface area is 236 Å². The fourth-order valence-corrected chi connectivity index (χ4v) is 6.02. The highest BCUT2D eigenvalue weighted by molar-refractivity contribution is 5.74. The van der Waals surface area contributed by atoms with Gasteiger partial charge < -0.3 is 15.4 Å². The van der Waals surface area contributed by atoms with Crippen LogP contribution in [-0.4, -0.2) is 49.2 Å². The van der Waals surface area contributed by atoms with Gasteiger partial charge in [-0.05, 0) is 77.0 Å². The van der Waals surface area contributed by atoms with Crippen LogP contribution in [0.15, 0.2) is 24.4 Å². The molecule has 0 radical (unpaired) electrons. The van der Waals surface area contributed by atoms with Crippen molar-refractivity contribution >= 4 is 11.9 Å². The Bertz CT molecular complexity index is 1540. The summed E-state index contributed by atoms with van der Waals surface area (Å²) in [5.74, 6) is 0.269. The Morgan fingerprint density at radius 3 is 2.54 bits per heavy atom. The van der Waals surface area contributed by atoms with Gasteiger partial charge >= 0.3 is 12.3 Å². The molecule has 2 N–H and O–H groups in total. The number of amides is 1. The summed E-state index contributed by atoms with van der Waals surface area (Å²) in [5.41, 5.74) is 7.92. The Hall–Kier alpha value is -4.01. The molecule has 2 aliphatic rings. The van der Waals surface area contributed by atoms with E-state index in [-0.39, 0.29) is 35.5 Å². The number of carbonyl (C=O) groups is 1. The molecule has 41 heavy (non-hydrogen) atoms. The number of hydrogen-bond acceptors (Lipinski definition) is 6. The number of nitrogen functional groups attached to an aromatic ring is 1. The van der Waals surface area contributed by atoms with Crippen LogP contribution >= 0.6 is 0 Å². The van der Waals surface area contributed by atoms with Crippen LogP contribution in [0, 0.1) is 30.6 Å². The Morgan fingerprint density at radius 2 is 1.90 bits per heavy atom. The van der Waals surface area contributed by atoms with Crippen LogP contribution in [0.25, 0.3) is 11.3 Å². The van der Waals surface area contributed by atoms with E-state index in [1.165, 1.54) is 0 Å². The van der Waals surface area contributed by atoms with Gasteiger partial charge in [0.1, 0.15) is 28.7 Å². The van der Waals surface area contributed by atoms with E-state index >= 15 is 0 Å². The molecule has 0 atom stereocenters. The van der Waals surface area contributed by atoms with Crippen LogP contribution in [-0.2, 0) is 17.5 Å². The maximum atomic E-state index is 13.3. The minimum Gasteiger partial charge on any atom is -0.444 e. The molecular formula is C29H34F3N7O2. The second kappa shape index (κ2) is 9.82. The molecule has 1 saturated carbocycles. The molecule has 1 saturated heterocycles. The van der Waals surface area contributed by atoms with Crippen molar-refractivity contribution in [2.45, 2.75) is 78.2 Å². The summed E-state index contributed by atoms with van der Waals surface area (Å²) >= 11 is 0. The van der Waals surface area contributed by atoms with Crippen LogP contribution in [0.1, 0.15) is 74.0 Å². The molecule has 3 aromatic rings. The number of carbonyl (C=O) groups excluding carboxylic acids is 1. The molecule has 218 valence electrons. The second-order valence-electron chi connectivity index (χ2n) is 12.4. The monoisotopic (exact) mass is 569 g/mol. The number of halogens is 3. The predicted molar refractivity (Wildman–Crippen MR) is 146 cm³/mol. The highest BCUT2D eigenvalue weighted by Gasteiger charge is 2.51. The molecule has 0 bridgehead atoms. The summed E-state index contributed by atoms with van der Waals surface area (Å²) in [4.78, 5) is 14.3. The Balaban J connectivity index is 1.34. The van der Waals surface area contributed by atoms with Crippen LogP contribution in [0.5, 0.6) is 0 Å². The molecule has 3 heterocycles. The number of rotatable bonds is 4. The maximum absolute atomic E-state index is 13.3. The van der Waals surface area contributed by atoms with Crippen LogP contribution in [0.4, 0.5) is 23.8 Å². The molecule has 9 nitrogen and oxygen atoms in total. The number of nitrogens with zero attached hydrogens (tertiary/aromatic N) is 6. The number of nitrogens with two attached hydrogens (primary N) is 1. The van der Waals surface area contributed by atoms with Crippen LogP contribution in [0.3, 0.4) is 0 Å². The zero-order valence-corrected chi connectivity index (χ0v) is 23.8. The summed E-state index contributed by atoms with van der Waals surface area (Å²) < 4.78 is 48.7. The molecule has 1 aromatic carbocycles. The second-order valence-corrected chi connectivity index (χ2v) is 12.4. The number of hydrogen-bond donors (Lipinski definition) is 1. The zero-order valence-electron chi connectivity index (χ0n) is 23.8. The molecule has 1 aliphatic carbocycles. The molecule has 2 fully saturated rings. The van der Waals surface area contributed by atoms with Crippen molar-refractivity contribution in [1.82, 2.24) is 24.5 Å². The zero-order chi connectivity index (χ0) is 29.9. The summed E-state index contributed by atoms with van der Waals surface area (Å²) in [6.07, 6.45) is -0.646. The van der Waals surface area contributed by atoms with Gasteiger partial charge in [-0.1, -0.05) is 11.6 Å². The van der Waals surface area contributed by atoms with E-state index in [0.717, 1.165) is 31.4 Å². The number of ether oxygens (including phenoxy) is 1. The summed E-state index contributed by atoms with van der Waals surface area (Å²) in [5, 5.41) is 19.2. The SMILES string of the molecule is Cc1cc(Cn2cc(-c3nn(C4CC5(CCN(C(=O)OC(C)(C)C)C5)C4)c(N)c3C#N)c(C)n2)cc(C(F)(F)F)c1. The number of aryl methyl sites for hydroxylation is 2. The van der Waals surface area contributed by atoms with Crippen molar-refractivity contribution in [2.24, 2.45) is 5.41 Å². The van der Waals surface area contributed by atoms with Crippen molar-refractivity contribution < 1.29 is 22.7 Å². The van der Waals surface area contributed by atoms with Crippen molar-refractivity contribution in [2.75, 3.05) is 18.8 Å². The van der Waals surface area contributed by atoms with E-state index in [1.54, 1.807) is 40.4 Å². The Morgan fingerprint density at radius 1 is 1.20 bits per heavy atom. The van der Waals surface area contributed by atoms with Gasteiger partial charge in [-0.15, -0.1) is 0 Å². The van der Waals surface area contributed by atoms with E-state index in [9.17, 15) is 23.2 Å². The third-order valence-corrected chi connectivity index (χ3v) is 7.84. The van der Waals surface area contributed by atoms with Gasteiger partial charge in [0.25, 0.3) is 0 Å². The smallest absolute Gasteiger partial charge is 0.416 e. The number of benzene rings is 1. The average molecular weight is 570 g/mol. The van der Waals surface area contributed by atoms with Gasteiger partial charge in [-0.25, -0.2) is 9.48 Å². The molecule has 2 aromatic heterocycles. The quantitative estimate of drug-likeness (QED) is 0.422. The maximum Gasteiger partial charge on any atom is 0.416 e. The molecule has 1 spiro atoms. The van der Waals surface area contributed by atoms with Crippen molar-refractivity contribution in [3.8, 4) is 17.3 Å². The van der Waals surface area contributed by atoms with Crippen molar-refractivity contribution in [1.29, 1.82) is 5.26 Å². The predicted octanol–water partition coefficient (Wildman–Crippen LogP) is 5.85. The molecular weight excluding hydrogens is 535 g/mol. The highest BCUT2D eigenvalue weighted by atomic mass is 19.4.